The Bertz CT molecular complexity index is 555. The quantitative estimate of drug-likeness (QED) is 0.880. The van der Waals surface area contributed by atoms with Gasteiger partial charge >= 0.3 is 0 Å². The molecule has 1 aliphatic rings. The van der Waals surface area contributed by atoms with Gasteiger partial charge in [0.2, 0.25) is 0 Å². The lowest BCUT2D eigenvalue weighted by atomic mass is 9.93. The van der Waals surface area contributed by atoms with E-state index in [1.807, 2.05) is 24.4 Å². The summed E-state index contributed by atoms with van der Waals surface area (Å²) in [4.78, 5) is 4.46. The predicted octanol–water partition coefficient (Wildman–Crippen LogP) is 2.66. The van der Waals surface area contributed by atoms with Crippen LogP contribution in [0.25, 0.3) is 10.9 Å². The van der Waals surface area contributed by atoms with Crippen LogP contribution in [-0.2, 0) is 4.74 Å². The molecule has 1 aliphatic heterocycles. The van der Waals surface area contributed by atoms with Crippen LogP contribution in [0, 0.1) is 5.92 Å². The molecule has 1 fully saturated rings. The van der Waals surface area contributed by atoms with Gasteiger partial charge in [0, 0.05) is 18.2 Å². The Morgan fingerprint density at radius 3 is 3.00 bits per heavy atom. The Balaban J connectivity index is 1.93. The average molecular weight is 242 g/mol. The fourth-order valence-corrected chi connectivity index (χ4v) is 2.64. The van der Waals surface area contributed by atoms with Crippen molar-refractivity contribution in [3.05, 3.63) is 42.1 Å². The number of aromatic nitrogens is 1. The fraction of sp³-hybridized carbons (Fsp3) is 0.400. The molecule has 1 aromatic carbocycles. The van der Waals surface area contributed by atoms with E-state index in [0.29, 0.717) is 5.92 Å². The zero-order valence-corrected chi connectivity index (χ0v) is 10.5. The van der Waals surface area contributed by atoms with Crippen molar-refractivity contribution in [1.82, 2.24) is 4.98 Å². The summed E-state index contributed by atoms with van der Waals surface area (Å²) in [6, 6.07) is 10.1. The molecular weight excluding hydrogens is 224 g/mol. The number of hydrogen-bond donors (Lipinski definition) is 1. The van der Waals surface area contributed by atoms with Crippen LogP contribution in [0.15, 0.2) is 36.5 Å². The van der Waals surface area contributed by atoms with E-state index in [-0.39, 0.29) is 12.1 Å². The van der Waals surface area contributed by atoms with E-state index in [1.54, 1.807) is 0 Å². The van der Waals surface area contributed by atoms with Gasteiger partial charge in [-0.05, 0) is 30.0 Å². The molecule has 3 heteroatoms. The molecule has 3 unspecified atom stereocenters. The van der Waals surface area contributed by atoms with Crippen LogP contribution < -0.4 is 5.73 Å². The summed E-state index contributed by atoms with van der Waals surface area (Å²) in [6.45, 7) is 3.02. The van der Waals surface area contributed by atoms with Crippen LogP contribution in [-0.4, -0.2) is 17.7 Å². The first kappa shape index (κ1) is 11.6. The lowest BCUT2D eigenvalue weighted by molar-refractivity contribution is 0.0724. The Kier molecular flexibility index (Phi) is 3.02. The molecule has 0 amide bonds. The van der Waals surface area contributed by atoms with Crippen molar-refractivity contribution in [2.24, 2.45) is 11.7 Å². The molecular formula is C15H18N2O. The molecule has 3 atom stereocenters. The van der Waals surface area contributed by atoms with Gasteiger partial charge in [0.1, 0.15) is 0 Å². The van der Waals surface area contributed by atoms with Crippen LogP contribution in [0.4, 0.5) is 0 Å². The molecule has 0 radical (unpaired) electrons. The molecule has 2 N–H and O–H groups in total. The SMILES string of the molecule is CC1CCOC1C(N)c1cnc2ccccc2c1. The monoisotopic (exact) mass is 242 g/mol. The van der Waals surface area contributed by atoms with Gasteiger partial charge in [-0.2, -0.15) is 0 Å². The normalized spacial score (nSPS) is 25.4. The highest BCUT2D eigenvalue weighted by Crippen LogP contribution is 2.30. The van der Waals surface area contributed by atoms with E-state index < -0.39 is 0 Å². The van der Waals surface area contributed by atoms with Gasteiger partial charge in [0.05, 0.1) is 17.7 Å². The first-order chi connectivity index (χ1) is 8.75. The summed E-state index contributed by atoms with van der Waals surface area (Å²) < 4.78 is 5.74. The highest BCUT2D eigenvalue weighted by molar-refractivity contribution is 5.78. The summed E-state index contributed by atoms with van der Waals surface area (Å²) >= 11 is 0. The van der Waals surface area contributed by atoms with Gasteiger partial charge in [-0.25, -0.2) is 0 Å². The van der Waals surface area contributed by atoms with Crippen molar-refractivity contribution in [1.29, 1.82) is 0 Å². The topological polar surface area (TPSA) is 48.1 Å². The van der Waals surface area contributed by atoms with Crippen LogP contribution in [0.5, 0.6) is 0 Å². The number of benzene rings is 1. The third-order valence-corrected chi connectivity index (χ3v) is 3.79. The second kappa shape index (κ2) is 4.67. The third-order valence-electron chi connectivity index (χ3n) is 3.79. The van der Waals surface area contributed by atoms with Gasteiger partial charge < -0.3 is 10.5 Å². The molecule has 1 saturated heterocycles. The number of para-hydroxylation sites is 1. The summed E-state index contributed by atoms with van der Waals surface area (Å²) in [5.41, 5.74) is 8.39. The molecule has 3 rings (SSSR count). The van der Waals surface area contributed by atoms with Crippen molar-refractivity contribution in [2.75, 3.05) is 6.61 Å². The van der Waals surface area contributed by atoms with Gasteiger partial charge in [0.25, 0.3) is 0 Å². The number of hydrogen-bond acceptors (Lipinski definition) is 3. The predicted molar refractivity (Wildman–Crippen MR) is 72.2 cm³/mol. The van der Waals surface area contributed by atoms with Gasteiger partial charge in [-0.3, -0.25) is 4.98 Å². The number of rotatable bonds is 2. The third kappa shape index (κ3) is 2.00. The number of pyridine rings is 1. The minimum absolute atomic E-state index is 0.0837. The van der Waals surface area contributed by atoms with Crippen molar-refractivity contribution >= 4 is 10.9 Å². The molecule has 0 spiro atoms. The van der Waals surface area contributed by atoms with Crippen molar-refractivity contribution in [3.63, 3.8) is 0 Å². The van der Waals surface area contributed by atoms with E-state index in [9.17, 15) is 0 Å². The molecule has 2 heterocycles. The summed E-state index contributed by atoms with van der Waals surface area (Å²) in [5.74, 6) is 0.520. The molecule has 2 aromatic rings. The van der Waals surface area contributed by atoms with Gasteiger partial charge in [0.15, 0.2) is 0 Å². The second-order valence-corrected chi connectivity index (χ2v) is 5.09. The standard InChI is InChI=1S/C15H18N2O/c1-10-6-7-18-15(10)14(16)12-8-11-4-2-3-5-13(11)17-9-12/h2-5,8-10,14-15H,6-7,16H2,1H3. The van der Waals surface area contributed by atoms with E-state index in [0.717, 1.165) is 29.5 Å². The lowest BCUT2D eigenvalue weighted by Gasteiger charge is -2.22. The van der Waals surface area contributed by atoms with Gasteiger partial charge in [-0.15, -0.1) is 0 Å². The number of nitrogens with zero attached hydrogens (tertiary/aromatic N) is 1. The van der Waals surface area contributed by atoms with Crippen molar-refractivity contribution in [2.45, 2.75) is 25.5 Å². The fourth-order valence-electron chi connectivity index (χ4n) is 2.64. The smallest absolute Gasteiger partial charge is 0.0794 e. The summed E-state index contributed by atoms with van der Waals surface area (Å²) in [7, 11) is 0. The Labute approximate surface area is 107 Å². The highest BCUT2D eigenvalue weighted by Gasteiger charge is 2.30. The maximum atomic E-state index is 6.32. The molecule has 1 aromatic heterocycles. The van der Waals surface area contributed by atoms with E-state index >= 15 is 0 Å². The maximum absolute atomic E-state index is 6.32. The Hall–Kier alpha value is -1.45. The minimum Gasteiger partial charge on any atom is -0.376 e. The van der Waals surface area contributed by atoms with E-state index in [2.05, 4.69) is 24.0 Å². The molecule has 0 aliphatic carbocycles. The van der Waals surface area contributed by atoms with E-state index in [4.69, 9.17) is 10.5 Å². The summed E-state index contributed by atoms with van der Waals surface area (Å²) in [5, 5.41) is 1.14. The second-order valence-electron chi connectivity index (χ2n) is 5.09. The van der Waals surface area contributed by atoms with E-state index in [1.165, 1.54) is 0 Å². The zero-order chi connectivity index (χ0) is 12.5. The zero-order valence-electron chi connectivity index (χ0n) is 10.5. The van der Waals surface area contributed by atoms with Crippen LogP contribution >= 0.6 is 0 Å². The Morgan fingerprint density at radius 1 is 1.39 bits per heavy atom. The molecule has 3 nitrogen and oxygen atoms in total. The number of fused-ring (bicyclic) bond motifs is 1. The average Bonchev–Trinajstić information content (AvgIpc) is 2.83. The van der Waals surface area contributed by atoms with Crippen LogP contribution in [0.2, 0.25) is 0 Å². The highest BCUT2D eigenvalue weighted by atomic mass is 16.5. The molecule has 0 saturated carbocycles. The number of nitrogens with two attached hydrogens (primary N) is 1. The number of ether oxygens (including phenoxy) is 1. The lowest BCUT2D eigenvalue weighted by Crippen LogP contribution is -2.29. The Morgan fingerprint density at radius 2 is 2.22 bits per heavy atom. The van der Waals surface area contributed by atoms with Crippen LogP contribution in [0.1, 0.15) is 24.9 Å². The van der Waals surface area contributed by atoms with Crippen molar-refractivity contribution in [3.8, 4) is 0 Å². The van der Waals surface area contributed by atoms with Crippen molar-refractivity contribution < 1.29 is 4.74 Å². The molecule has 94 valence electrons. The minimum atomic E-state index is -0.0837. The van der Waals surface area contributed by atoms with Gasteiger partial charge in [-0.1, -0.05) is 25.1 Å². The molecule has 0 bridgehead atoms. The molecule has 18 heavy (non-hydrogen) atoms. The van der Waals surface area contributed by atoms with Crippen LogP contribution in [0.3, 0.4) is 0 Å². The first-order valence-corrected chi connectivity index (χ1v) is 6.47. The summed E-state index contributed by atoms with van der Waals surface area (Å²) in [6.07, 6.45) is 3.09. The maximum Gasteiger partial charge on any atom is 0.0794 e. The first-order valence-electron chi connectivity index (χ1n) is 6.47. The largest absolute Gasteiger partial charge is 0.376 e.